The average Bonchev–Trinajstić information content (AvgIpc) is 2.53. The van der Waals surface area contributed by atoms with Crippen LogP contribution in [0.1, 0.15) is 51.7 Å². The van der Waals surface area contributed by atoms with Gasteiger partial charge in [0.25, 0.3) is 0 Å². The highest BCUT2D eigenvalue weighted by molar-refractivity contribution is 5.45. The van der Waals surface area contributed by atoms with Gasteiger partial charge < -0.3 is 9.47 Å². The fourth-order valence-corrected chi connectivity index (χ4v) is 3.77. The number of nitrogens with zero attached hydrogens (tertiary/aromatic N) is 1. The van der Waals surface area contributed by atoms with Crippen LogP contribution in [0.15, 0.2) is 18.2 Å². The Morgan fingerprint density at radius 2 is 1.65 bits per heavy atom. The Balaban J connectivity index is 1.67. The number of benzene rings is 1. The van der Waals surface area contributed by atoms with E-state index in [0.29, 0.717) is 0 Å². The van der Waals surface area contributed by atoms with Gasteiger partial charge in [0, 0.05) is 19.6 Å². The maximum Gasteiger partial charge on any atom is 0.119 e. The van der Waals surface area contributed by atoms with Gasteiger partial charge in [-0.15, -0.1) is 0 Å². The Bertz CT molecular complexity index is 545. The van der Waals surface area contributed by atoms with Crippen LogP contribution in [-0.2, 0) is 15.6 Å². The van der Waals surface area contributed by atoms with E-state index in [4.69, 9.17) is 9.47 Å². The van der Waals surface area contributed by atoms with Gasteiger partial charge >= 0.3 is 0 Å². The molecular formula is C20H31NO2. The molecule has 1 aromatic rings. The number of hydrogen-bond acceptors (Lipinski definition) is 3. The molecule has 1 aliphatic heterocycles. The van der Waals surface area contributed by atoms with Crippen molar-refractivity contribution in [1.29, 1.82) is 0 Å². The van der Waals surface area contributed by atoms with Crippen molar-refractivity contribution in [2.24, 2.45) is 0 Å². The van der Waals surface area contributed by atoms with E-state index in [0.717, 1.165) is 45.2 Å². The Morgan fingerprint density at radius 1 is 1.00 bits per heavy atom. The highest BCUT2D eigenvalue weighted by Gasteiger charge is 2.37. The molecule has 0 radical (unpaired) electrons. The zero-order valence-electron chi connectivity index (χ0n) is 15.2. The SMILES string of the molecule is CC1(C)CCC(C)(C)c2cc(OCCN3CCOCC3)ccc21. The minimum atomic E-state index is 0.244. The minimum Gasteiger partial charge on any atom is -0.492 e. The zero-order chi connectivity index (χ0) is 16.5. The normalized spacial score (nSPS) is 23.3. The smallest absolute Gasteiger partial charge is 0.119 e. The lowest BCUT2D eigenvalue weighted by molar-refractivity contribution is 0.0322. The van der Waals surface area contributed by atoms with Crippen molar-refractivity contribution in [3.63, 3.8) is 0 Å². The van der Waals surface area contributed by atoms with Gasteiger partial charge in [0.2, 0.25) is 0 Å². The molecule has 2 aliphatic rings. The Hall–Kier alpha value is -1.06. The predicted octanol–water partition coefficient (Wildman–Crippen LogP) is 3.75. The Morgan fingerprint density at radius 3 is 2.35 bits per heavy atom. The first-order valence-corrected chi connectivity index (χ1v) is 8.96. The first-order chi connectivity index (χ1) is 10.9. The van der Waals surface area contributed by atoms with Gasteiger partial charge in [-0.25, -0.2) is 0 Å². The van der Waals surface area contributed by atoms with Crippen LogP contribution in [-0.4, -0.2) is 44.4 Å². The quantitative estimate of drug-likeness (QED) is 0.844. The van der Waals surface area contributed by atoms with Crippen LogP contribution in [0.5, 0.6) is 5.75 Å². The maximum absolute atomic E-state index is 6.05. The van der Waals surface area contributed by atoms with E-state index in [1.807, 2.05) is 0 Å². The first-order valence-electron chi connectivity index (χ1n) is 8.96. The van der Waals surface area contributed by atoms with Crippen molar-refractivity contribution in [2.45, 2.75) is 51.4 Å². The topological polar surface area (TPSA) is 21.7 Å². The third-order valence-electron chi connectivity index (χ3n) is 5.60. The van der Waals surface area contributed by atoms with Crippen molar-refractivity contribution < 1.29 is 9.47 Å². The second-order valence-electron chi connectivity index (χ2n) is 8.28. The Labute approximate surface area is 141 Å². The van der Waals surface area contributed by atoms with Crippen molar-refractivity contribution in [3.05, 3.63) is 29.3 Å². The number of hydrogen-bond donors (Lipinski definition) is 0. The number of rotatable bonds is 4. The highest BCUT2D eigenvalue weighted by atomic mass is 16.5. The summed E-state index contributed by atoms with van der Waals surface area (Å²) in [6.07, 6.45) is 2.49. The van der Waals surface area contributed by atoms with Crippen LogP contribution in [0.3, 0.4) is 0 Å². The summed E-state index contributed by atoms with van der Waals surface area (Å²) in [6, 6.07) is 6.73. The number of morpholine rings is 1. The first kappa shape index (κ1) is 16.8. The van der Waals surface area contributed by atoms with Crippen LogP contribution in [0.4, 0.5) is 0 Å². The van der Waals surface area contributed by atoms with E-state index in [-0.39, 0.29) is 10.8 Å². The van der Waals surface area contributed by atoms with Gasteiger partial charge in [0.1, 0.15) is 12.4 Å². The van der Waals surface area contributed by atoms with Gasteiger partial charge in [-0.1, -0.05) is 33.8 Å². The highest BCUT2D eigenvalue weighted by Crippen LogP contribution is 2.46. The predicted molar refractivity (Wildman–Crippen MR) is 94.5 cm³/mol. The van der Waals surface area contributed by atoms with Crippen LogP contribution in [0.2, 0.25) is 0 Å². The summed E-state index contributed by atoms with van der Waals surface area (Å²) in [5.74, 6) is 1.02. The third kappa shape index (κ3) is 3.72. The standard InChI is InChI=1S/C20H31NO2/c1-19(2)7-8-20(3,4)18-15-16(5-6-17(18)19)23-14-11-21-9-12-22-13-10-21/h5-6,15H,7-14H2,1-4H3. The van der Waals surface area contributed by atoms with E-state index in [1.54, 1.807) is 0 Å². The van der Waals surface area contributed by atoms with Crippen LogP contribution >= 0.6 is 0 Å². The van der Waals surface area contributed by atoms with E-state index in [1.165, 1.54) is 24.0 Å². The molecule has 0 atom stereocenters. The van der Waals surface area contributed by atoms with Crippen molar-refractivity contribution in [1.82, 2.24) is 4.90 Å². The molecule has 1 heterocycles. The number of fused-ring (bicyclic) bond motifs is 1. The summed E-state index contributed by atoms with van der Waals surface area (Å²) in [5.41, 5.74) is 3.48. The van der Waals surface area contributed by atoms with Crippen LogP contribution in [0, 0.1) is 0 Å². The molecule has 0 N–H and O–H groups in total. The summed E-state index contributed by atoms with van der Waals surface area (Å²) in [7, 11) is 0. The fourth-order valence-electron chi connectivity index (χ4n) is 3.77. The van der Waals surface area contributed by atoms with Gasteiger partial charge in [-0.2, -0.15) is 0 Å². The summed E-state index contributed by atoms with van der Waals surface area (Å²) in [5, 5.41) is 0. The van der Waals surface area contributed by atoms with Crippen LogP contribution < -0.4 is 4.74 Å². The van der Waals surface area contributed by atoms with E-state index in [2.05, 4.69) is 50.8 Å². The number of ether oxygens (including phenoxy) is 2. The summed E-state index contributed by atoms with van der Waals surface area (Å²) >= 11 is 0. The molecule has 0 bridgehead atoms. The maximum atomic E-state index is 6.05. The van der Waals surface area contributed by atoms with Crippen molar-refractivity contribution in [3.8, 4) is 5.75 Å². The molecule has 3 heteroatoms. The Kier molecular flexibility index (Phi) is 4.70. The van der Waals surface area contributed by atoms with Crippen molar-refractivity contribution >= 4 is 0 Å². The second-order valence-corrected chi connectivity index (χ2v) is 8.28. The molecule has 0 amide bonds. The summed E-state index contributed by atoms with van der Waals surface area (Å²) in [6.45, 7) is 14.9. The van der Waals surface area contributed by atoms with E-state index in [9.17, 15) is 0 Å². The lowest BCUT2D eigenvalue weighted by atomic mass is 9.63. The van der Waals surface area contributed by atoms with Gasteiger partial charge in [-0.05, 0) is 46.9 Å². The zero-order valence-corrected chi connectivity index (χ0v) is 15.2. The molecule has 128 valence electrons. The minimum absolute atomic E-state index is 0.244. The molecule has 3 nitrogen and oxygen atoms in total. The molecule has 1 aromatic carbocycles. The largest absolute Gasteiger partial charge is 0.492 e. The molecule has 23 heavy (non-hydrogen) atoms. The molecule has 0 spiro atoms. The molecule has 1 aliphatic carbocycles. The molecule has 0 saturated carbocycles. The van der Waals surface area contributed by atoms with Crippen molar-refractivity contribution in [2.75, 3.05) is 39.5 Å². The lowest BCUT2D eigenvalue weighted by Gasteiger charge is -2.42. The van der Waals surface area contributed by atoms with Gasteiger partial charge in [-0.3, -0.25) is 4.90 Å². The monoisotopic (exact) mass is 317 g/mol. The molecule has 1 saturated heterocycles. The third-order valence-corrected chi connectivity index (χ3v) is 5.60. The average molecular weight is 317 g/mol. The molecule has 0 unspecified atom stereocenters. The molecule has 0 aromatic heterocycles. The van der Waals surface area contributed by atoms with Gasteiger partial charge in [0.15, 0.2) is 0 Å². The lowest BCUT2D eigenvalue weighted by Crippen LogP contribution is -2.38. The van der Waals surface area contributed by atoms with Gasteiger partial charge in [0.05, 0.1) is 13.2 Å². The molecular weight excluding hydrogens is 286 g/mol. The summed E-state index contributed by atoms with van der Waals surface area (Å²) < 4.78 is 11.4. The molecule has 3 rings (SSSR count). The van der Waals surface area contributed by atoms with Crippen LogP contribution in [0.25, 0.3) is 0 Å². The van der Waals surface area contributed by atoms with E-state index < -0.39 is 0 Å². The molecule has 1 fully saturated rings. The van der Waals surface area contributed by atoms with E-state index >= 15 is 0 Å². The fraction of sp³-hybridized carbons (Fsp3) is 0.700. The second kappa shape index (κ2) is 6.45. The summed E-state index contributed by atoms with van der Waals surface area (Å²) in [4.78, 5) is 2.41.